The summed E-state index contributed by atoms with van der Waals surface area (Å²) in [7, 11) is 0. The number of rotatable bonds is 1. The summed E-state index contributed by atoms with van der Waals surface area (Å²) in [6.07, 6.45) is 0. The van der Waals surface area contributed by atoms with Gasteiger partial charge in [0.1, 0.15) is 0 Å². The third-order valence-corrected chi connectivity index (χ3v) is 3.50. The summed E-state index contributed by atoms with van der Waals surface area (Å²) in [6.45, 7) is 1.95. The zero-order chi connectivity index (χ0) is 17.9. The van der Waals surface area contributed by atoms with Crippen LogP contribution in [0.2, 0.25) is 1.41 Å². The fourth-order valence-electron chi connectivity index (χ4n) is 2.62. The lowest BCUT2D eigenvalue weighted by Gasteiger charge is -2.05. The molecule has 0 bridgehead atoms. The van der Waals surface area contributed by atoms with Crippen molar-refractivity contribution in [2.75, 3.05) is 0 Å². The largest absolute Gasteiger partial charge is 0.354 e. The third-order valence-electron chi connectivity index (χ3n) is 3.50. The maximum Gasteiger partial charge on any atom is 0.167 e. The highest BCUT2D eigenvalue weighted by molar-refractivity contribution is 6.12. The first-order chi connectivity index (χ1) is 11.9. The van der Waals surface area contributed by atoms with Gasteiger partial charge in [-0.25, -0.2) is 0 Å². The third kappa shape index (κ3) is 1.64. The first-order valence-corrected chi connectivity index (χ1v) is 6.51. The number of hydrogen-bond acceptors (Lipinski definition) is 0. The van der Waals surface area contributed by atoms with Crippen molar-refractivity contribution in [2.24, 2.45) is 0 Å². The van der Waals surface area contributed by atoms with Crippen LogP contribution in [0.15, 0.2) is 66.6 Å². The summed E-state index contributed by atoms with van der Waals surface area (Å²) < 4.78 is 40.9. The molecule has 1 aromatic heterocycles. The van der Waals surface area contributed by atoms with Gasteiger partial charge in [0.25, 0.3) is 0 Å². The van der Waals surface area contributed by atoms with E-state index in [9.17, 15) is 0 Å². The molecule has 0 aliphatic carbocycles. The normalized spacial score (nSPS) is 14.8. The molecule has 0 spiro atoms. The van der Waals surface area contributed by atoms with Crippen molar-refractivity contribution in [3.63, 3.8) is 0 Å². The molecule has 0 radical (unpaired) electrons. The summed E-state index contributed by atoms with van der Waals surface area (Å²) in [5.41, 5.74) is 3.58. The highest BCUT2D eigenvalue weighted by Crippen LogP contribution is 2.34. The molecule has 3 aromatic carbocycles. The van der Waals surface area contributed by atoms with Crippen LogP contribution in [-0.2, 0) is 0 Å². The van der Waals surface area contributed by atoms with Crippen LogP contribution in [0.4, 0.5) is 0 Å². The zero-order valence-corrected chi connectivity index (χ0v) is 11.0. The molecule has 96 valence electrons. The minimum absolute atomic E-state index is 0.100. The van der Waals surface area contributed by atoms with E-state index >= 15 is 0 Å². The topological polar surface area (TPSA) is 15.8 Å². The van der Waals surface area contributed by atoms with Crippen molar-refractivity contribution in [1.29, 1.82) is 0 Å². The molecule has 1 nitrogen and oxygen atoms in total. The van der Waals surface area contributed by atoms with Crippen LogP contribution >= 0.6 is 0 Å². The Labute approximate surface area is 125 Å². The van der Waals surface area contributed by atoms with Gasteiger partial charge in [0.05, 0.1) is 11.0 Å². The second-order valence-corrected chi connectivity index (χ2v) is 4.91. The van der Waals surface area contributed by atoms with Crippen molar-refractivity contribution >= 4 is 21.8 Å². The number of H-pyrrole nitrogens is 1. The number of hydrogen-bond donors (Lipinski definition) is 1. The maximum absolute atomic E-state index is 8.55. The van der Waals surface area contributed by atoms with Gasteiger partial charge in [-0.2, -0.15) is 0 Å². The SMILES string of the molecule is [2H]c1c([2H])c([2H])c2c(c1[2H])c1cc(C)cc(-c3ccccc3)c1n2[2H]. The lowest BCUT2D eigenvalue weighted by molar-refractivity contribution is 1.48. The van der Waals surface area contributed by atoms with E-state index in [2.05, 4.69) is 0 Å². The molecule has 0 saturated carbocycles. The fourth-order valence-corrected chi connectivity index (χ4v) is 2.62. The lowest BCUT2D eigenvalue weighted by atomic mass is 9.99. The number of aromatic amines is 1. The van der Waals surface area contributed by atoms with Gasteiger partial charge in [0.2, 0.25) is 0 Å². The predicted molar refractivity (Wildman–Crippen MR) is 86.0 cm³/mol. The van der Waals surface area contributed by atoms with Crippen LogP contribution in [-0.4, -0.2) is 4.98 Å². The van der Waals surface area contributed by atoms with E-state index in [0.29, 0.717) is 16.3 Å². The van der Waals surface area contributed by atoms with Crippen molar-refractivity contribution in [3.8, 4) is 11.1 Å². The standard InChI is InChI=1S/C19H15N/c1-13-11-16(14-7-3-2-4-8-14)19-17(12-13)15-9-5-6-10-18(15)20-19/h2-12,20H,1H3/i5D,6D,9D,10D/hD. The number of aryl methyl sites for hydroxylation is 1. The van der Waals surface area contributed by atoms with E-state index in [1.54, 1.807) is 0 Å². The van der Waals surface area contributed by atoms with E-state index < -0.39 is 0 Å². The molecule has 0 unspecified atom stereocenters. The summed E-state index contributed by atoms with van der Waals surface area (Å²) in [4.78, 5) is 1.14. The molecule has 0 aliphatic heterocycles. The Morgan fingerprint density at radius 1 is 1.00 bits per heavy atom. The minimum Gasteiger partial charge on any atom is -0.354 e. The Morgan fingerprint density at radius 2 is 1.80 bits per heavy atom. The Kier molecular flexibility index (Phi) is 1.55. The van der Waals surface area contributed by atoms with Gasteiger partial charge in [-0.05, 0) is 36.2 Å². The van der Waals surface area contributed by atoms with Gasteiger partial charge in [0.15, 0.2) is 1.41 Å². The Morgan fingerprint density at radius 3 is 2.65 bits per heavy atom. The fraction of sp³-hybridized carbons (Fsp3) is 0.0526. The van der Waals surface area contributed by atoms with Crippen molar-refractivity contribution in [1.82, 2.24) is 4.98 Å². The van der Waals surface area contributed by atoms with E-state index in [0.717, 1.165) is 21.7 Å². The number of nitrogens with one attached hydrogen (secondary N) is 1. The number of para-hydroxylation sites is 1. The van der Waals surface area contributed by atoms with Gasteiger partial charge in [-0.3, -0.25) is 0 Å². The molecule has 1 heterocycles. The van der Waals surface area contributed by atoms with Gasteiger partial charge in [-0.15, -0.1) is 0 Å². The average Bonchev–Trinajstić information content (AvgIpc) is 2.91. The molecule has 0 aliphatic rings. The Bertz CT molecular complexity index is 1150. The van der Waals surface area contributed by atoms with Gasteiger partial charge >= 0.3 is 0 Å². The van der Waals surface area contributed by atoms with Crippen LogP contribution in [0.5, 0.6) is 0 Å². The molecule has 0 atom stereocenters. The molecular weight excluding hydrogens is 242 g/mol. The van der Waals surface area contributed by atoms with Crippen LogP contribution in [0.25, 0.3) is 32.9 Å². The molecule has 0 saturated heterocycles. The monoisotopic (exact) mass is 262 g/mol. The summed E-state index contributed by atoms with van der Waals surface area (Å²) in [6, 6.07) is 12.7. The van der Waals surface area contributed by atoms with Crippen LogP contribution in [0, 0.1) is 6.92 Å². The second kappa shape index (κ2) is 4.24. The average molecular weight is 262 g/mol. The Hall–Kier alpha value is -2.54. The van der Waals surface area contributed by atoms with E-state index in [4.69, 9.17) is 6.89 Å². The maximum atomic E-state index is 8.55. The van der Waals surface area contributed by atoms with E-state index in [-0.39, 0.29) is 29.7 Å². The van der Waals surface area contributed by atoms with Crippen LogP contribution in [0.3, 0.4) is 0 Å². The quantitative estimate of drug-likeness (QED) is 0.479. The number of aromatic nitrogens is 1. The summed E-state index contributed by atoms with van der Waals surface area (Å²) in [5.74, 6) is 0. The van der Waals surface area contributed by atoms with Crippen LogP contribution in [0.1, 0.15) is 11.0 Å². The van der Waals surface area contributed by atoms with Crippen molar-refractivity contribution < 1.29 is 6.89 Å². The molecule has 1 N–H and O–H groups in total. The van der Waals surface area contributed by atoms with Crippen molar-refractivity contribution in [2.45, 2.75) is 6.92 Å². The second-order valence-electron chi connectivity index (χ2n) is 4.91. The molecule has 4 rings (SSSR count). The first-order valence-electron chi connectivity index (χ1n) is 8.96. The molecule has 20 heavy (non-hydrogen) atoms. The van der Waals surface area contributed by atoms with Gasteiger partial charge in [0, 0.05) is 21.9 Å². The van der Waals surface area contributed by atoms with Gasteiger partial charge < -0.3 is 4.98 Å². The smallest absolute Gasteiger partial charge is 0.167 e. The summed E-state index contributed by atoms with van der Waals surface area (Å²) >= 11 is 0. The Balaban J connectivity index is 2.29. The lowest BCUT2D eigenvalue weighted by Crippen LogP contribution is -1.82. The molecule has 1 heteroatoms. The minimum atomic E-state index is -0.313. The van der Waals surface area contributed by atoms with E-state index in [1.807, 2.05) is 49.4 Å². The molecule has 4 aromatic rings. The molecule has 0 fully saturated rings. The molecule has 0 amide bonds. The zero-order valence-electron chi connectivity index (χ0n) is 16.0. The number of benzene rings is 3. The predicted octanol–water partition coefficient (Wildman–Crippen LogP) is 5.30. The molecular formula is C19H15N. The van der Waals surface area contributed by atoms with Gasteiger partial charge in [-0.1, -0.05) is 48.5 Å². The highest BCUT2D eigenvalue weighted by atomic mass is 14.7. The highest BCUT2D eigenvalue weighted by Gasteiger charge is 2.10. The number of fused-ring (bicyclic) bond motifs is 3. The summed E-state index contributed by atoms with van der Waals surface area (Å²) in [5, 5.41) is 1.08. The van der Waals surface area contributed by atoms with Crippen molar-refractivity contribution in [3.05, 3.63) is 72.2 Å². The van der Waals surface area contributed by atoms with Crippen LogP contribution < -0.4 is 0 Å². The van der Waals surface area contributed by atoms with E-state index in [1.165, 1.54) is 0 Å². The first kappa shape index (κ1) is 7.30.